The van der Waals surface area contributed by atoms with E-state index in [2.05, 4.69) is 11.4 Å². The van der Waals surface area contributed by atoms with Gasteiger partial charge in [0.15, 0.2) is 0 Å². The summed E-state index contributed by atoms with van der Waals surface area (Å²) in [5.41, 5.74) is -0.449. The third-order valence-corrected chi connectivity index (χ3v) is 4.30. The molecule has 2 rings (SSSR count). The Morgan fingerprint density at radius 2 is 2.10 bits per heavy atom. The van der Waals surface area contributed by atoms with Crippen molar-refractivity contribution in [3.05, 3.63) is 0 Å². The lowest BCUT2D eigenvalue weighted by atomic mass is 10.1. The molecule has 5 nitrogen and oxygen atoms in total. The van der Waals surface area contributed by atoms with Crippen LogP contribution in [-0.2, 0) is 4.74 Å². The van der Waals surface area contributed by atoms with Gasteiger partial charge in [0.2, 0.25) is 0 Å². The molecule has 0 bridgehead atoms. The van der Waals surface area contributed by atoms with Crippen LogP contribution in [0.4, 0.5) is 4.79 Å². The van der Waals surface area contributed by atoms with E-state index in [9.17, 15) is 4.79 Å². The topological polar surface area (TPSA) is 65.4 Å². The smallest absolute Gasteiger partial charge is 0.410 e. The monoisotopic (exact) mass is 293 g/mol. The lowest BCUT2D eigenvalue weighted by molar-refractivity contribution is 0.0224. The zero-order chi connectivity index (χ0) is 15.5. The molecule has 3 atom stereocenters. The van der Waals surface area contributed by atoms with Crippen LogP contribution in [0.3, 0.4) is 0 Å². The zero-order valence-electron chi connectivity index (χ0n) is 13.4. The molecule has 1 saturated carbocycles. The van der Waals surface area contributed by atoms with E-state index in [1.807, 2.05) is 25.7 Å². The number of nitrogens with one attached hydrogen (secondary N) is 1. The minimum Gasteiger partial charge on any atom is -0.444 e. The average molecular weight is 293 g/mol. The molecule has 1 aliphatic carbocycles. The molecule has 118 valence electrons. The van der Waals surface area contributed by atoms with Gasteiger partial charge in [-0.3, -0.25) is 0 Å². The van der Waals surface area contributed by atoms with Crippen LogP contribution in [-0.4, -0.2) is 41.8 Å². The van der Waals surface area contributed by atoms with E-state index in [4.69, 9.17) is 10.00 Å². The number of hydrogen-bond acceptors (Lipinski definition) is 4. The predicted molar refractivity (Wildman–Crippen MR) is 80.7 cm³/mol. The molecule has 0 radical (unpaired) electrons. The second-order valence-electron chi connectivity index (χ2n) is 7.15. The van der Waals surface area contributed by atoms with E-state index < -0.39 is 5.60 Å². The summed E-state index contributed by atoms with van der Waals surface area (Å²) in [5.74, 6) is 0.126. The summed E-state index contributed by atoms with van der Waals surface area (Å²) < 4.78 is 5.47. The van der Waals surface area contributed by atoms with Crippen molar-refractivity contribution >= 4 is 6.09 Å². The Hall–Kier alpha value is -1.28. The van der Waals surface area contributed by atoms with Gasteiger partial charge < -0.3 is 15.0 Å². The van der Waals surface area contributed by atoms with E-state index in [0.717, 1.165) is 45.2 Å². The van der Waals surface area contributed by atoms with E-state index in [0.29, 0.717) is 0 Å². The van der Waals surface area contributed by atoms with Gasteiger partial charge in [0.25, 0.3) is 0 Å². The Morgan fingerprint density at radius 3 is 2.76 bits per heavy atom. The number of nitrogens with zero attached hydrogens (tertiary/aromatic N) is 2. The summed E-state index contributed by atoms with van der Waals surface area (Å²) in [4.78, 5) is 14.1. The number of nitriles is 1. The molecule has 0 spiro atoms. The molecule has 1 N–H and O–H groups in total. The maximum Gasteiger partial charge on any atom is 0.410 e. The first-order valence-electron chi connectivity index (χ1n) is 8.03. The molecule has 1 saturated heterocycles. The fraction of sp³-hybridized carbons (Fsp3) is 0.875. The first-order chi connectivity index (χ1) is 9.90. The van der Waals surface area contributed by atoms with Crippen LogP contribution in [0.15, 0.2) is 0 Å². The van der Waals surface area contributed by atoms with Gasteiger partial charge in [0, 0.05) is 25.2 Å². The number of ether oxygens (including phenoxy) is 1. The Morgan fingerprint density at radius 1 is 1.33 bits per heavy atom. The van der Waals surface area contributed by atoms with Gasteiger partial charge in [0.1, 0.15) is 5.60 Å². The summed E-state index contributed by atoms with van der Waals surface area (Å²) >= 11 is 0. The van der Waals surface area contributed by atoms with E-state index >= 15 is 0 Å². The highest BCUT2D eigenvalue weighted by molar-refractivity contribution is 5.69. The average Bonchev–Trinajstić information content (AvgIpc) is 3.02. The summed E-state index contributed by atoms with van der Waals surface area (Å²) in [6.07, 6.45) is 5.01. The van der Waals surface area contributed by atoms with Crippen molar-refractivity contribution in [2.75, 3.05) is 13.1 Å². The molecule has 0 aromatic carbocycles. The second-order valence-corrected chi connectivity index (χ2v) is 7.15. The number of likely N-dealkylation sites (tertiary alicyclic amines) is 1. The van der Waals surface area contributed by atoms with Crippen molar-refractivity contribution in [1.82, 2.24) is 10.2 Å². The van der Waals surface area contributed by atoms with Crippen LogP contribution < -0.4 is 5.32 Å². The summed E-state index contributed by atoms with van der Waals surface area (Å²) in [7, 11) is 0. The maximum atomic E-state index is 12.2. The lowest BCUT2D eigenvalue weighted by Gasteiger charge is -2.29. The SMILES string of the molecule is CC(C)(C)OC(=O)N1CCCC1CNC1CCCC1C#N. The molecule has 1 heterocycles. The van der Waals surface area contributed by atoms with Crippen LogP contribution in [0.25, 0.3) is 0 Å². The van der Waals surface area contributed by atoms with Crippen molar-refractivity contribution in [3.8, 4) is 6.07 Å². The molecule has 3 unspecified atom stereocenters. The molecule has 1 amide bonds. The highest BCUT2D eigenvalue weighted by atomic mass is 16.6. The van der Waals surface area contributed by atoms with E-state index in [1.165, 1.54) is 0 Å². The molecule has 5 heteroatoms. The molecule has 0 aromatic rings. The quantitative estimate of drug-likeness (QED) is 0.869. The van der Waals surface area contributed by atoms with Crippen molar-refractivity contribution in [1.29, 1.82) is 5.26 Å². The van der Waals surface area contributed by atoms with Gasteiger partial charge in [-0.05, 0) is 46.5 Å². The van der Waals surface area contributed by atoms with Gasteiger partial charge in [0.05, 0.1) is 12.0 Å². The minimum absolute atomic E-state index is 0.126. The van der Waals surface area contributed by atoms with Gasteiger partial charge in [-0.25, -0.2) is 4.79 Å². The van der Waals surface area contributed by atoms with Crippen molar-refractivity contribution in [3.63, 3.8) is 0 Å². The van der Waals surface area contributed by atoms with Crippen molar-refractivity contribution in [2.45, 2.75) is 70.6 Å². The lowest BCUT2D eigenvalue weighted by Crippen LogP contribution is -2.46. The molecule has 0 aromatic heterocycles. The van der Waals surface area contributed by atoms with Crippen LogP contribution >= 0.6 is 0 Å². The first kappa shape index (κ1) is 16.1. The highest BCUT2D eigenvalue weighted by Gasteiger charge is 2.33. The Labute approximate surface area is 127 Å². The number of hydrogen-bond donors (Lipinski definition) is 1. The summed E-state index contributed by atoms with van der Waals surface area (Å²) in [6.45, 7) is 7.22. The highest BCUT2D eigenvalue weighted by Crippen LogP contribution is 2.26. The Bertz CT molecular complexity index is 411. The van der Waals surface area contributed by atoms with Crippen LogP contribution in [0.1, 0.15) is 52.9 Å². The molecule has 2 fully saturated rings. The van der Waals surface area contributed by atoms with Gasteiger partial charge in [-0.1, -0.05) is 6.42 Å². The molecular weight excluding hydrogens is 266 g/mol. The Balaban J connectivity index is 1.85. The molecular formula is C16H27N3O2. The number of carbonyl (C=O) groups excluding carboxylic acids is 1. The normalized spacial score (nSPS) is 29.4. The second kappa shape index (κ2) is 6.65. The largest absolute Gasteiger partial charge is 0.444 e. The fourth-order valence-corrected chi connectivity index (χ4v) is 3.26. The standard InChI is InChI=1S/C16H27N3O2/c1-16(2,3)21-15(20)19-9-5-7-13(19)11-18-14-8-4-6-12(14)10-17/h12-14,18H,4-9,11H2,1-3H3. The zero-order valence-corrected chi connectivity index (χ0v) is 13.4. The predicted octanol–water partition coefficient (Wildman–Crippen LogP) is 2.67. The Kier molecular flexibility index (Phi) is 5.10. The van der Waals surface area contributed by atoms with Crippen molar-refractivity contribution in [2.24, 2.45) is 5.92 Å². The molecule has 21 heavy (non-hydrogen) atoms. The number of amides is 1. The van der Waals surface area contributed by atoms with Crippen LogP contribution in [0.2, 0.25) is 0 Å². The summed E-state index contributed by atoms with van der Waals surface area (Å²) in [6, 6.07) is 2.87. The molecule has 1 aliphatic heterocycles. The molecule has 2 aliphatic rings. The van der Waals surface area contributed by atoms with Gasteiger partial charge in [-0.2, -0.15) is 5.26 Å². The maximum absolute atomic E-state index is 12.2. The number of carbonyl (C=O) groups is 1. The van der Waals surface area contributed by atoms with Crippen LogP contribution in [0.5, 0.6) is 0 Å². The van der Waals surface area contributed by atoms with Crippen LogP contribution in [0, 0.1) is 17.2 Å². The summed E-state index contributed by atoms with van der Waals surface area (Å²) in [5, 5.41) is 12.6. The first-order valence-corrected chi connectivity index (χ1v) is 8.03. The van der Waals surface area contributed by atoms with Gasteiger partial charge in [-0.15, -0.1) is 0 Å². The van der Waals surface area contributed by atoms with Gasteiger partial charge >= 0.3 is 6.09 Å². The number of rotatable bonds is 3. The fourth-order valence-electron chi connectivity index (χ4n) is 3.26. The third kappa shape index (κ3) is 4.34. The van der Waals surface area contributed by atoms with E-state index in [1.54, 1.807) is 0 Å². The van der Waals surface area contributed by atoms with Crippen molar-refractivity contribution < 1.29 is 9.53 Å². The third-order valence-electron chi connectivity index (χ3n) is 4.30. The van der Waals surface area contributed by atoms with E-state index in [-0.39, 0.29) is 24.1 Å². The minimum atomic E-state index is -0.449.